The van der Waals surface area contributed by atoms with E-state index in [2.05, 4.69) is 13.8 Å². The Balaban J connectivity index is 1.59. The highest BCUT2D eigenvalue weighted by Crippen LogP contribution is 2.34. The Bertz CT molecular complexity index is 648. The summed E-state index contributed by atoms with van der Waals surface area (Å²) in [5, 5.41) is 0. The van der Waals surface area contributed by atoms with E-state index in [1.165, 1.54) is 0 Å². The van der Waals surface area contributed by atoms with E-state index >= 15 is 0 Å². The molecule has 0 aliphatic carbocycles. The maximum Gasteiger partial charge on any atom is 0.410 e. The van der Waals surface area contributed by atoms with Gasteiger partial charge in [-0.3, -0.25) is 4.79 Å². The van der Waals surface area contributed by atoms with E-state index < -0.39 is 5.60 Å². The number of amides is 2. The largest absolute Gasteiger partial charge is 0.441 e. The van der Waals surface area contributed by atoms with Gasteiger partial charge in [-0.1, -0.05) is 32.0 Å². The van der Waals surface area contributed by atoms with Gasteiger partial charge < -0.3 is 14.5 Å². The Labute approximate surface area is 149 Å². The molecule has 1 spiro atoms. The lowest BCUT2D eigenvalue weighted by Crippen LogP contribution is -2.48. The van der Waals surface area contributed by atoms with Crippen LogP contribution in [0.1, 0.15) is 49.0 Å². The van der Waals surface area contributed by atoms with Gasteiger partial charge in [0.25, 0.3) is 5.91 Å². The molecule has 25 heavy (non-hydrogen) atoms. The van der Waals surface area contributed by atoms with Crippen molar-refractivity contribution in [2.75, 3.05) is 26.2 Å². The van der Waals surface area contributed by atoms with Gasteiger partial charge in [-0.25, -0.2) is 4.79 Å². The lowest BCUT2D eigenvalue weighted by molar-refractivity contribution is 0.00311. The van der Waals surface area contributed by atoms with E-state index in [0.29, 0.717) is 38.4 Å². The third-order valence-corrected chi connectivity index (χ3v) is 5.35. The van der Waals surface area contributed by atoms with Crippen molar-refractivity contribution in [1.29, 1.82) is 0 Å². The number of rotatable bonds is 4. The zero-order chi connectivity index (χ0) is 18.0. The van der Waals surface area contributed by atoms with E-state index in [1.807, 2.05) is 41.0 Å². The van der Waals surface area contributed by atoms with Gasteiger partial charge in [0.2, 0.25) is 0 Å². The Morgan fingerprint density at radius 3 is 2.56 bits per heavy atom. The third-order valence-electron chi connectivity index (χ3n) is 5.35. The zero-order valence-electron chi connectivity index (χ0n) is 15.5. The van der Waals surface area contributed by atoms with Gasteiger partial charge in [-0.2, -0.15) is 0 Å². The molecular formula is C20H28N2O3. The van der Waals surface area contributed by atoms with Crippen molar-refractivity contribution in [1.82, 2.24) is 9.80 Å². The van der Waals surface area contributed by atoms with Gasteiger partial charge in [-0.15, -0.1) is 0 Å². The standard InChI is InChI=1S/C20H28N2O3/c1-15(2)8-11-22-14-20(25-19(22)24)9-12-21(13-10-20)18(23)17-7-5-4-6-16(17)3/h4-7,15H,8-14H2,1-3H3. The summed E-state index contributed by atoms with van der Waals surface area (Å²) in [6.07, 6.45) is 2.23. The summed E-state index contributed by atoms with van der Waals surface area (Å²) < 4.78 is 5.74. The fourth-order valence-electron chi connectivity index (χ4n) is 3.64. The lowest BCUT2D eigenvalue weighted by Gasteiger charge is -2.37. The van der Waals surface area contributed by atoms with E-state index in [4.69, 9.17) is 4.74 Å². The SMILES string of the molecule is Cc1ccccc1C(=O)N1CCC2(CC1)CN(CCC(C)C)C(=O)O2. The number of benzene rings is 1. The molecule has 0 saturated carbocycles. The van der Waals surface area contributed by atoms with Crippen LogP contribution in [0.15, 0.2) is 24.3 Å². The molecule has 2 heterocycles. The molecule has 2 aliphatic rings. The van der Waals surface area contributed by atoms with Gasteiger partial charge in [-0.05, 0) is 30.9 Å². The summed E-state index contributed by atoms with van der Waals surface area (Å²) in [7, 11) is 0. The molecule has 5 nitrogen and oxygen atoms in total. The molecule has 5 heteroatoms. The Morgan fingerprint density at radius 2 is 1.92 bits per heavy atom. The van der Waals surface area contributed by atoms with Crippen LogP contribution in [-0.2, 0) is 4.74 Å². The van der Waals surface area contributed by atoms with Crippen LogP contribution in [0.2, 0.25) is 0 Å². The summed E-state index contributed by atoms with van der Waals surface area (Å²) >= 11 is 0. The summed E-state index contributed by atoms with van der Waals surface area (Å²) in [5.74, 6) is 0.645. The first-order valence-electron chi connectivity index (χ1n) is 9.23. The maximum absolute atomic E-state index is 12.7. The predicted octanol–water partition coefficient (Wildman–Crippen LogP) is 3.47. The molecule has 0 atom stereocenters. The molecule has 2 aliphatic heterocycles. The number of ether oxygens (including phenoxy) is 1. The Hall–Kier alpha value is -2.04. The van der Waals surface area contributed by atoms with E-state index in [1.54, 1.807) is 0 Å². The number of hydrogen-bond donors (Lipinski definition) is 0. The van der Waals surface area contributed by atoms with Crippen LogP contribution in [0.5, 0.6) is 0 Å². The van der Waals surface area contributed by atoms with Crippen molar-refractivity contribution >= 4 is 12.0 Å². The lowest BCUT2D eigenvalue weighted by atomic mass is 9.90. The molecular weight excluding hydrogens is 316 g/mol. The van der Waals surface area contributed by atoms with E-state index in [9.17, 15) is 9.59 Å². The molecule has 1 aromatic carbocycles. The summed E-state index contributed by atoms with van der Waals surface area (Å²) in [5.41, 5.74) is 1.36. The normalized spacial score (nSPS) is 19.6. The predicted molar refractivity (Wildman–Crippen MR) is 96.6 cm³/mol. The molecule has 136 valence electrons. The average molecular weight is 344 g/mol. The number of hydrogen-bond acceptors (Lipinski definition) is 3. The summed E-state index contributed by atoms with van der Waals surface area (Å²) in [4.78, 5) is 28.6. The first kappa shape index (κ1) is 17.8. The number of likely N-dealkylation sites (tertiary alicyclic amines) is 1. The molecule has 0 N–H and O–H groups in total. The molecule has 0 aromatic heterocycles. The molecule has 2 fully saturated rings. The van der Waals surface area contributed by atoms with Crippen molar-refractivity contribution in [3.05, 3.63) is 35.4 Å². The first-order chi connectivity index (χ1) is 11.9. The van der Waals surface area contributed by atoms with Gasteiger partial charge in [0, 0.05) is 38.0 Å². The molecule has 3 rings (SSSR count). The van der Waals surface area contributed by atoms with Crippen molar-refractivity contribution in [2.24, 2.45) is 5.92 Å². The minimum absolute atomic E-state index is 0.0777. The van der Waals surface area contributed by atoms with Crippen molar-refractivity contribution < 1.29 is 14.3 Å². The molecule has 2 amide bonds. The second-order valence-electron chi connectivity index (χ2n) is 7.76. The highest BCUT2D eigenvalue weighted by Gasteiger charge is 2.47. The van der Waals surface area contributed by atoms with Crippen LogP contribution in [0.25, 0.3) is 0 Å². The monoisotopic (exact) mass is 344 g/mol. The van der Waals surface area contributed by atoms with Crippen LogP contribution in [0.4, 0.5) is 4.79 Å². The minimum atomic E-state index is -0.406. The second kappa shape index (κ2) is 7.06. The van der Waals surface area contributed by atoms with Crippen molar-refractivity contribution in [3.8, 4) is 0 Å². The highest BCUT2D eigenvalue weighted by molar-refractivity contribution is 5.95. The van der Waals surface area contributed by atoms with Crippen molar-refractivity contribution in [2.45, 2.75) is 45.6 Å². The third kappa shape index (κ3) is 3.80. The number of nitrogens with zero attached hydrogens (tertiary/aromatic N) is 2. The Kier molecular flexibility index (Phi) is 5.02. The van der Waals surface area contributed by atoms with Crippen LogP contribution < -0.4 is 0 Å². The fraction of sp³-hybridized carbons (Fsp3) is 0.600. The fourth-order valence-corrected chi connectivity index (χ4v) is 3.64. The minimum Gasteiger partial charge on any atom is -0.441 e. The zero-order valence-corrected chi connectivity index (χ0v) is 15.5. The first-order valence-corrected chi connectivity index (χ1v) is 9.23. The number of carbonyl (C=O) groups excluding carboxylic acids is 2. The Morgan fingerprint density at radius 1 is 1.24 bits per heavy atom. The molecule has 0 unspecified atom stereocenters. The summed E-state index contributed by atoms with van der Waals surface area (Å²) in [6, 6.07) is 7.69. The van der Waals surface area contributed by atoms with Crippen LogP contribution in [0, 0.1) is 12.8 Å². The van der Waals surface area contributed by atoms with Crippen LogP contribution in [-0.4, -0.2) is 53.6 Å². The second-order valence-corrected chi connectivity index (χ2v) is 7.76. The topological polar surface area (TPSA) is 49.9 Å². The molecule has 2 saturated heterocycles. The summed E-state index contributed by atoms with van der Waals surface area (Å²) in [6.45, 7) is 8.97. The number of aryl methyl sites for hydroxylation is 1. The van der Waals surface area contributed by atoms with E-state index in [-0.39, 0.29) is 12.0 Å². The van der Waals surface area contributed by atoms with Crippen LogP contribution in [0.3, 0.4) is 0 Å². The molecule has 0 bridgehead atoms. The van der Waals surface area contributed by atoms with Gasteiger partial charge in [0.1, 0.15) is 5.60 Å². The maximum atomic E-state index is 12.7. The average Bonchev–Trinajstić information content (AvgIpc) is 2.89. The quantitative estimate of drug-likeness (QED) is 0.840. The van der Waals surface area contributed by atoms with Gasteiger partial charge in [0.15, 0.2) is 0 Å². The van der Waals surface area contributed by atoms with Crippen molar-refractivity contribution in [3.63, 3.8) is 0 Å². The van der Waals surface area contributed by atoms with Gasteiger partial charge >= 0.3 is 6.09 Å². The van der Waals surface area contributed by atoms with Gasteiger partial charge in [0.05, 0.1) is 6.54 Å². The van der Waals surface area contributed by atoms with E-state index in [0.717, 1.165) is 24.1 Å². The van der Waals surface area contributed by atoms with Crippen LogP contribution >= 0.6 is 0 Å². The number of piperidine rings is 1. The molecule has 0 radical (unpaired) electrons. The highest BCUT2D eigenvalue weighted by atomic mass is 16.6. The smallest absolute Gasteiger partial charge is 0.410 e. The number of carbonyl (C=O) groups is 2. The molecule has 1 aromatic rings.